The molecule has 0 aliphatic carbocycles. The highest BCUT2D eigenvalue weighted by atomic mass is 32.2. The third-order valence-electron chi connectivity index (χ3n) is 5.49. The maximum atomic E-state index is 12.9. The summed E-state index contributed by atoms with van der Waals surface area (Å²) in [5.74, 6) is 0.156. The van der Waals surface area contributed by atoms with E-state index in [1.54, 1.807) is 19.3 Å². The minimum Gasteiger partial charge on any atom is -0.496 e. The lowest BCUT2D eigenvalue weighted by atomic mass is 9.96. The number of amides is 3. The molecule has 1 heterocycles. The maximum Gasteiger partial charge on any atom is 0.294 e. The number of nitrogens with zero attached hydrogens (tertiary/aromatic N) is 1. The number of hydrogen-bond acceptors (Lipinski definition) is 5. The number of carbonyl (C=O) groups excluding carboxylic acids is 3. The van der Waals surface area contributed by atoms with Crippen molar-refractivity contribution in [3.63, 3.8) is 0 Å². The Labute approximate surface area is 193 Å². The Bertz CT molecular complexity index is 1120. The van der Waals surface area contributed by atoms with Crippen molar-refractivity contribution < 1.29 is 19.1 Å². The Balaban J connectivity index is 1.78. The van der Waals surface area contributed by atoms with E-state index < -0.39 is 17.1 Å². The Morgan fingerprint density at radius 3 is 2.44 bits per heavy atom. The second-order valence-corrected chi connectivity index (χ2v) is 9.21. The van der Waals surface area contributed by atoms with Gasteiger partial charge in [-0.25, -0.2) is 0 Å². The smallest absolute Gasteiger partial charge is 0.294 e. The molecule has 32 heavy (non-hydrogen) atoms. The number of aryl methyl sites for hydroxylation is 3. The van der Waals surface area contributed by atoms with Gasteiger partial charge in [0.25, 0.3) is 11.1 Å². The van der Waals surface area contributed by atoms with Crippen LogP contribution in [-0.4, -0.2) is 35.6 Å². The van der Waals surface area contributed by atoms with Crippen molar-refractivity contribution in [1.82, 2.24) is 4.90 Å². The summed E-state index contributed by atoms with van der Waals surface area (Å²) in [5, 5.41) is 2.30. The normalized spacial score (nSPS) is 15.1. The van der Waals surface area contributed by atoms with Crippen molar-refractivity contribution in [1.29, 1.82) is 0 Å². The zero-order valence-electron chi connectivity index (χ0n) is 19.2. The fourth-order valence-corrected chi connectivity index (χ4v) is 4.27. The molecule has 6 nitrogen and oxygen atoms in total. The Kier molecular flexibility index (Phi) is 7.09. The molecule has 0 bridgehead atoms. The Morgan fingerprint density at radius 1 is 1.09 bits per heavy atom. The molecule has 0 atom stereocenters. The van der Waals surface area contributed by atoms with Gasteiger partial charge in [-0.1, -0.05) is 19.9 Å². The van der Waals surface area contributed by atoms with Crippen molar-refractivity contribution in [2.24, 2.45) is 0 Å². The number of ether oxygens (including phenoxy) is 1. The van der Waals surface area contributed by atoms with Gasteiger partial charge in [0, 0.05) is 5.69 Å². The highest BCUT2D eigenvalue weighted by Crippen LogP contribution is 2.35. The van der Waals surface area contributed by atoms with Crippen LogP contribution in [0.2, 0.25) is 0 Å². The molecule has 1 fully saturated rings. The fraction of sp³-hybridized carbons (Fsp3) is 0.320. The van der Waals surface area contributed by atoms with Gasteiger partial charge < -0.3 is 10.1 Å². The van der Waals surface area contributed by atoms with Gasteiger partial charge in [0.2, 0.25) is 5.91 Å². The van der Waals surface area contributed by atoms with Gasteiger partial charge in [0.15, 0.2) is 0 Å². The molecule has 1 saturated heterocycles. The zero-order valence-corrected chi connectivity index (χ0v) is 20.1. The number of anilines is 1. The van der Waals surface area contributed by atoms with Crippen LogP contribution in [0, 0.1) is 20.8 Å². The van der Waals surface area contributed by atoms with E-state index in [2.05, 4.69) is 19.2 Å². The van der Waals surface area contributed by atoms with E-state index in [0.29, 0.717) is 10.6 Å². The van der Waals surface area contributed by atoms with Crippen molar-refractivity contribution in [3.8, 4) is 5.75 Å². The van der Waals surface area contributed by atoms with Gasteiger partial charge in [-0.3, -0.25) is 19.3 Å². The second kappa shape index (κ2) is 9.61. The van der Waals surface area contributed by atoms with Gasteiger partial charge in [0.1, 0.15) is 12.3 Å². The third kappa shape index (κ3) is 5.05. The highest BCUT2D eigenvalue weighted by molar-refractivity contribution is 8.18. The molecule has 1 N–H and O–H groups in total. The first-order valence-corrected chi connectivity index (χ1v) is 11.2. The number of carbonyl (C=O) groups is 3. The average Bonchev–Trinajstić information content (AvgIpc) is 2.99. The number of rotatable bonds is 6. The van der Waals surface area contributed by atoms with Crippen molar-refractivity contribution in [2.75, 3.05) is 19.0 Å². The van der Waals surface area contributed by atoms with Gasteiger partial charge in [-0.15, -0.1) is 0 Å². The van der Waals surface area contributed by atoms with Crippen LogP contribution in [0.4, 0.5) is 10.5 Å². The quantitative estimate of drug-likeness (QED) is 0.593. The molecule has 1 aliphatic heterocycles. The molecule has 2 aromatic carbocycles. The number of methoxy groups -OCH3 is 1. The molecule has 0 spiro atoms. The predicted octanol–water partition coefficient (Wildman–Crippen LogP) is 5.42. The summed E-state index contributed by atoms with van der Waals surface area (Å²) in [7, 11) is 1.63. The maximum absolute atomic E-state index is 12.9. The number of thioether (sulfide) groups is 1. The Morgan fingerprint density at radius 2 is 1.81 bits per heavy atom. The second-order valence-electron chi connectivity index (χ2n) is 8.22. The van der Waals surface area contributed by atoms with Crippen molar-refractivity contribution in [3.05, 3.63) is 63.1 Å². The van der Waals surface area contributed by atoms with Crippen LogP contribution >= 0.6 is 11.8 Å². The predicted molar refractivity (Wildman–Crippen MR) is 129 cm³/mol. The molecular weight excluding hydrogens is 424 g/mol. The number of hydrogen-bond donors (Lipinski definition) is 1. The zero-order chi connectivity index (χ0) is 23.6. The first-order chi connectivity index (χ1) is 15.1. The molecule has 0 aromatic heterocycles. The van der Waals surface area contributed by atoms with Gasteiger partial charge in [0.05, 0.1) is 12.0 Å². The molecule has 0 unspecified atom stereocenters. The molecule has 168 valence electrons. The van der Waals surface area contributed by atoms with Crippen LogP contribution in [-0.2, 0) is 9.59 Å². The van der Waals surface area contributed by atoms with Crippen LogP contribution in [0.15, 0.2) is 35.2 Å². The standard InChI is InChI=1S/C25H28N2O4S/c1-14(2)20-11-18(17(5)10-21(20)31-6)12-22-24(29)27(25(30)32-22)13-23(28)26-19-8-7-15(3)16(4)9-19/h7-12,14H,13H2,1-6H3,(H,26,28)/b22-12-. The van der Waals surface area contributed by atoms with E-state index in [1.165, 1.54) is 0 Å². The van der Waals surface area contributed by atoms with Crippen molar-refractivity contribution >= 4 is 40.6 Å². The molecule has 3 rings (SSSR count). The molecule has 7 heteroatoms. The van der Waals surface area contributed by atoms with Gasteiger partial charge >= 0.3 is 0 Å². The summed E-state index contributed by atoms with van der Waals surface area (Å²) in [5.41, 5.74) is 5.61. The fourth-order valence-electron chi connectivity index (χ4n) is 3.44. The van der Waals surface area contributed by atoms with Gasteiger partial charge in [-0.2, -0.15) is 0 Å². The average molecular weight is 453 g/mol. The first-order valence-electron chi connectivity index (χ1n) is 10.4. The van der Waals surface area contributed by atoms with E-state index >= 15 is 0 Å². The number of imide groups is 1. The summed E-state index contributed by atoms with van der Waals surface area (Å²) in [6.45, 7) is 9.69. The lowest BCUT2D eigenvalue weighted by molar-refractivity contribution is -0.127. The Hall–Kier alpha value is -3.06. The summed E-state index contributed by atoms with van der Waals surface area (Å²) in [4.78, 5) is 39.1. The van der Waals surface area contributed by atoms with E-state index in [0.717, 1.165) is 50.2 Å². The van der Waals surface area contributed by atoms with Crippen LogP contribution in [0.3, 0.4) is 0 Å². The largest absolute Gasteiger partial charge is 0.496 e. The minimum absolute atomic E-state index is 0.238. The molecule has 1 aliphatic rings. The molecular formula is C25H28N2O4S. The van der Waals surface area contributed by atoms with Crippen LogP contribution < -0.4 is 10.1 Å². The van der Waals surface area contributed by atoms with Gasteiger partial charge in [-0.05, 0) is 96.6 Å². The van der Waals surface area contributed by atoms with E-state index in [1.807, 2.05) is 45.0 Å². The minimum atomic E-state index is -0.462. The topological polar surface area (TPSA) is 75.7 Å². The molecule has 2 aromatic rings. The first kappa shape index (κ1) is 23.6. The highest BCUT2D eigenvalue weighted by Gasteiger charge is 2.36. The lowest BCUT2D eigenvalue weighted by Gasteiger charge is -2.15. The summed E-state index contributed by atoms with van der Waals surface area (Å²) < 4.78 is 5.47. The van der Waals surface area contributed by atoms with E-state index in [4.69, 9.17) is 4.74 Å². The summed E-state index contributed by atoms with van der Waals surface area (Å²) in [6, 6.07) is 9.49. The van der Waals surface area contributed by atoms with Crippen molar-refractivity contribution in [2.45, 2.75) is 40.5 Å². The van der Waals surface area contributed by atoms with E-state index in [-0.39, 0.29) is 12.5 Å². The molecule has 3 amide bonds. The SMILES string of the molecule is COc1cc(C)c(/C=C2\SC(=O)N(CC(=O)Nc3ccc(C)c(C)c3)C2=O)cc1C(C)C. The lowest BCUT2D eigenvalue weighted by Crippen LogP contribution is -2.36. The summed E-state index contributed by atoms with van der Waals surface area (Å²) >= 11 is 0.850. The van der Waals surface area contributed by atoms with Crippen LogP contribution in [0.1, 0.15) is 47.6 Å². The number of nitrogens with one attached hydrogen (secondary N) is 1. The summed E-state index contributed by atoms with van der Waals surface area (Å²) in [6.07, 6.45) is 1.72. The monoisotopic (exact) mass is 452 g/mol. The van der Waals surface area contributed by atoms with E-state index in [9.17, 15) is 14.4 Å². The number of benzene rings is 2. The van der Waals surface area contributed by atoms with Crippen LogP contribution in [0.5, 0.6) is 5.75 Å². The molecule has 0 radical (unpaired) electrons. The third-order valence-corrected chi connectivity index (χ3v) is 6.40. The molecule has 0 saturated carbocycles. The van der Waals surface area contributed by atoms with Crippen LogP contribution in [0.25, 0.3) is 6.08 Å².